The van der Waals surface area contributed by atoms with E-state index >= 15 is 0 Å². The molecule has 0 aliphatic carbocycles. The summed E-state index contributed by atoms with van der Waals surface area (Å²) in [4.78, 5) is 36.0. The van der Waals surface area contributed by atoms with Crippen molar-refractivity contribution >= 4 is 27.9 Å². The van der Waals surface area contributed by atoms with E-state index in [2.05, 4.69) is 10.6 Å². The Kier molecular flexibility index (Phi) is 9.60. The molecule has 0 spiro atoms. The van der Waals surface area contributed by atoms with Gasteiger partial charge in [0, 0.05) is 23.9 Å². The highest BCUT2D eigenvalue weighted by atomic mass is 32.2. The molecule has 10 nitrogen and oxygen atoms in total. The van der Waals surface area contributed by atoms with Crippen molar-refractivity contribution in [2.75, 3.05) is 25.4 Å². The lowest BCUT2D eigenvalue weighted by atomic mass is 9.78. The van der Waals surface area contributed by atoms with Crippen LogP contribution in [0.1, 0.15) is 43.4 Å². The Labute approximate surface area is 182 Å². The quantitative estimate of drug-likeness (QED) is 0.160. The molecule has 0 heterocycles. The number of aryl methyl sites for hydroxylation is 2. The van der Waals surface area contributed by atoms with Gasteiger partial charge < -0.3 is 21.1 Å². The van der Waals surface area contributed by atoms with Crippen LogP contribution in [0.4, 0.5) is 0 Å². The van der Waals surface area contributed by atoms with Crippen LogP contribution in [0.5, 0.6) is 5.75 Å². The molecule has 1 rings (SSSR count). The van der Waals surface area contributed by atoms with E-state index in [4.69, 9.17) is 15.0 Å². The van der Waals surface area contributed by atoms with Gasteiger partial charge in [0.05, 0.1) is 18.8 Å². The lowest BCUT2D eigenvalue weighted by molar-refractivity contribution is -0.132. The van der Waals surface area contributed by atoms with Gasteiger partial charge in [-0.3, -0.25) is 18.9 Å². The van der Waals surface area contributed by atoms with Crippen LogP contribution in [0.15, 0.2) is 12.1 Å². The maximum Gasteiger partial charge on any atom is 0.325 e. The zero-order chi connectivity index (χ0) is 23.8. The second-order valence-corrected chi connectivity index (χ2v) is 9.53. The van der Waals surface area contributed by atoms with Crippen LogP contribution in [0.3, 0.4) is 0 Å². The summed E-state index contributed by atoms with van der Waals surface area (Å²) in [6.45, 7) is 6.90. The average molecular weight is 458 g/mol. The molecule has 0 aromatic heterocycles. The zero-order valence-electron chi connectivity index (χ0n) is 18.3. The van der Waals surface area contributed by atoms with Gasteiger partial charge in [-0.25, -0.2) is 0 Å². The summed E-state index contributed by atoms with van der Waals surface area (Å²) in [7, 11) is -4.07. The second-order valence-electron chi connectivity index (χ2n) is 7.96. The lowest BCUT2D eigenvalue weighted by Crippen LogP contribution is -2.39. The Balaban J connectivity index is 2.74. The third-order valence-electron chi connectivity index (χ3n) is 4.46. The number of nitrogens with two attached hydrogens (primary N) is 1. The highest BCUT2D eigenvalue weighted by Crippen LogP contribution is 2.37. The average Bonchev–Trinajstić information content (AvgIpc) is 2.61. The minimum Gasteiger partial charge on any atom is -0.425 e. The molecule has 0 aliphatic heterocycles. The van der Waals surface area contributed by atoms with Crippen molar-refractivity contribution in [1.29, 1.82) is 0 Å². The van der Waals surface area contributed by atoms with Crippen molar-refractivity contribution < 1.29 is 32.1 Å². The number of esters is 1. The first-order chi connectivity index (χ1) is 14.2. The monoisotopic (exact) mass is 457 g/mol. The molecule has 11 heteroatoms. The zero-order valence-corrected chi connectivity index (χ0v) is 19.1. The Hall–Kier alpha value is -2.50. The predicted molar refractivity (Wildman–Crippen MR) is 115 cm³/mol. The van der Waals surface area contributed by atoms with E-state index < -0.39 is 33.2 Å². The van der Waals surface area contributed by atoms with Crippen molar-refractivity contribution in [3.05, 3.63) is 28.8 Å². The highest BCUT2D eigenvalue weighted by Gasteiger charge is 2.30. The second kappa shape index (κ2) is 11.2. The first kappa shape index (κ1) is 26.5. The van der Waals surface area contributed by atoms with Gasteiger partial charge in [-0.2, -0.15) is 8.42 Å². The van der Waals surface area contributed by atoms with Crippen LogP contribution >= 0.6 is 0 Å². The summed E-state index contributed by atoms with van der Waals surface area (Å²) in [6, 6.07) is 3.64. The van der Waals surface area contributed by atoms with Gasteiger partial charge in [-0.15, -0.1) is 0 Å². The molecule has 0 unspecified atom stereocenters. The van der Waals surface area contributed by atoms with Gasteiger partial charge in [0.15, 0.2) is 0 Å². The fourth-order valence-electron chi connectivity index (χ4n) is 3.32. The number of carbonyl (C=O) groups is 3. The third kappa shape index (κ3) is 9.45. The van der Waals surface area contributed by atoms with Crippen molar-refractivity contribution in [1.82, 2.24) is 10.6 Å². The highest BCUT2D eigenvalue weighted by molar-refractivity contribution is 7.85. The summed E-state index contributed by atoms with van der Waals surface area (Å²) in [5, 5.41) is 4.98. The predicted octanol–water partition coefficient (Wildman–Crippen LogP) is 0.346. The van der Waals surface area contributed by atoms with E-state index in [1.165, 1.54) is 0 Å². The summed E-state index contributed by atoms with van der Waals surface area (Å²) >= 11 is 0. The minimum atomic E-state index is -4.07. The molecule has 0 saturated heterocycles. The topological polar surface area (TPSA) is 165 Å². The van der Waals surface area contributed by atoms with Gasteiger partial charge in [-0.1, -0.05) is 19.9 Å². The van der Waals surface area contributed by atoms with Crippen molar-refractivity contribution in [3.63, 3.8) is 0 Å². The van der Waals surface area contributed by atoms with E-state index in [9.17, 15) is 22.8 Å². The van der Waals surface area contributed by atoms with Crippen LogP contribution in [0, 0.1) is 13.8 Å². The minimum absolute atomic E-state index is 0.0279. The van der Waals surface area contributed by atoms with Crippen molar-refractivity contribution in [2.24, 2.45) is 5.73 Å². The Morgan fingerprint density at radius 1 is 1.13 bits per heavy atom. The molecule has 0 aliphatic rings. The lowest BCUT2D eigenvalue weighted by Gasteiger charge is -2.29. The Bertz CT molecular complexity index is 927. The van der Waals surface area contributed by atoms with Gasteiger partial charge in [0.25, 0.3) is 10.1 Å². The van der Waals surface area contributed by atoms with Gasteiger partial charge in [0.1, 0.15) is 5.75 Å². The van der Waals surface area contributed by atoms with E-state index in [1.54, 1.807) is 6.07 Å². The fraction of sp³-hybridized carbons (Fsp3) is 0.550. The number of nitrogens with one attached hydrogen (secondary N) is 2. The van der Waals surface area contributed by atoms with Crippen LogP contribution < -0.4 is 21.1 Å². The molecule has 2 amide bonds. The molecule has 174 valence electrons. The summed E-state index contributed by atoms with van der Waals surface area (Å²) in [5.74, 6) is -1.56. The molecule has 31 heavy (non-hydrogen) atoms. The van der Waals surface area contributed by atoms with E-state index in [-0.39, 0.29) is 38.4 Å². The largest absolute Gasteiger partial charge is 0.425 e. The SMILES string of the molecule is Cc1cc(C)c(C(C)(C)CC(=O)NCC(=O)NCCCS(=O)(=O)O)c(OC(=O)CN)c1. The Morgan fingerprint density at radius 3 is 2.35 bits per heavy atom. The van der Waals surface area contributed by atoms with Crippen molar-refractivity contribution in [2.45, 2.75) is 46.0 Å². The van der Waals surface area contributed by atoms with Gasteiger partial charge in [0.2, 0.25) is 11.8 Å². The maximum atomic E-state index is 12.4. The third-order valence-corrected chi connectivity index (χ3v) is 5.27. The van der Waals surface area contributed by atoms with Crippen LogP contribution in [0.2, 0.25) is 0 Å². The van der Waals surface area contributed by atoms with Crippen LogP contribution in [0.25, 0.3) is 0 Å². The molecule has 5 N–H and O–H groups in total. The Morgan fingerprint density at radius 2 is 1.77 bits per heavy atom. The molecule has 1 aromatic rings. The van der Waals surface area contributed by atoms with E-state index in [1.807, 2.05) is 33.8 Å². The van der Waals surface area contributed by atoms with Crippen LogP contribution in [-0.2, 0) is 29.9 Å². The number of benzene rings is 1. The van der Waals surface area contributed by atoms with E-state index in [0.29, 0.717) is 11.3 Å². The van der Waals surface area contributed by atoms with Crippen molar-refractivity contribution in [3.8, 4) is 5.75 Å². The first-order valence-corrected chi connectivity index (χ1v) is 11.4. The molecule has 0 fully saturated rings. The summed E-state index contributed by atoms with van der Waals surface area (Å²) < 4.78 is 35.3. The van der Waals surface area contributed by atoms with Gasteiger partial charge in [-0.05, 0) is 37.5 Å². The number of carbonyl (C=O) groups excluding carboxylic acids is 3. The summed E-state index contributed by atoms with van der Waals surface area (Å²) in [6.07, 6.45) is 0.0860. The number of rotatable bonds is 11. The standard InChI is InChI=1S/C20H31N3O7S/c1-13-8-14(2)19(15(9-13)30-18(26)11-21)20(3,4)10-16(24)23-12-17(25)22-6-5-7-31(27,28)29/h8-9H,5-7,10-12,21H2,1-4H3,(H,22,25)(H,23,24)(H,27,28,29). The molecule has 1 aromatic carbocycles. The number of amides is 2. The van der Waals surface area contributed by atoms with E-state index in [0.717, 1.165) is 11.1 Å². The summed E-state index contributed by atoms with van der Waals surface area (Å²) in [5.41, 5.74) is 7.09. The molecule has 0 radical (unpaired) electrons. The molecular formula is C20H31N3O7S. The number of ether oxygens (including phenoxy) is 1. The molecule has 0 bridgehead atoms. The smallest absolute Gasteiger partial charge is 0.325 e. The van der Waals surface area contributed by atoms with Crippen LogP contribution in [-0.4, -0.2) is 56.1 Å². The number of hydrogen-bond donors (Lipinski definition) is 4. The van der Waals surface area contributed by atoms with Gasteiger partial charge >= 0.3 is 5.97 Å². The normalized spacial score (nSPS) is 11.7. The number of hydrogen-bond acceptors (Lipinski definition) is 7. The molecular weight excluding hydrogens is 426 g/mol. The first-order valence-electron chi connectivity index (χ1n) is 9.76. The molecule has 0 saturated carbocycles. The fourth-order valence-corrected chi connectivity index (χ4v) is 3.83. The maximum absolute atomic E-state index is 12.4. The molecule has 0 atom stereocenters.